The lowest BCUT2D eigenvalue weighted by molar-refractivity contribution is -0.400. The Morgan fingerprint density at radius 3 is 1.69 bits per heavy atom. The summed E-state index contributed by atoms with van der Waals surface area (Å²) in [6, 6.07) is 0. The zero-order valence-corrected chi connectivity index (χ0v) is 13.5. The van der Waals surface area contributed by atoms with Crippen LogP contribution in [0.4, 0.5) is 30.7 Å². The van der Waals surface area contributed by atoms with Gasteiger partial charge in [-0.2, -0.15) is 30.7 Å². The summed E-state index contributed by atoms with van der Waals surface area (Å²) in [5, 5.41) is 32.1. The number of aliphatic hydroxyl groups is 1. The molecule has 2 unspecified atom stereocenters. The Morgan fingerprint density at radius 2 is 1.42 bits per heavy atom. The monoisotopic (exact) mass is 394 g/mol. The van der Waals surface area contributed by atoms with Crippen LogP contribution in [0.15, 0.2) is 11.8 Å². The van der Waals surface area contributed by atoms with Crippen LogP contribution in [0.3, 0.4) is 0 Å². The Balaban J connectivity index is 4.06. The van der Waals surface area contributed by atoms with Crippen molar-refractivity contribution in [3.05, 3.63) is 11.8 Å². The molecule has 1 saturated carbocycles. The first-order chi connectivity index (χ1) is 11.3. The normalized spacial score (nSPS) is 31.2. The number of carbonyl (C=O) groups excluding carboxylic acids is 2. The van der Waals surface area contributed by atoms with Crippen molar-refractivity contribution in [3.63, 3.8) is 0 Å². The number of rotatable bonds is 4. The SMILES string of the molecule is CC1(C(=O)[O-])C/C(=C/O)C(C(=O)[O-])(C(F)(F)C(F)(F)C(F)(F)F)C1(C)C. The third-order valence-electron chi connectivity index (χ3n) is 5.48. The van der Waals surface area contributed by atoms with Gasteiger partial charge in [-0.15, -0.1) is 0 Å². The highest BCUT2D eigenvalue weighted by atomic mass is 19.4. The number of halogens is 7. The second-order valence-electron chi connectivity index (χ2n) is 6.76. The van der Waals surface area contributed by atoms with E-state index in [0.29, 0.717) is 20.8 Å². The third kappa shape index (κ3) is 2.10. The molecule has 2 atom stereocenters. The van der Waals surface area contributed by atoms with Crippen LogP contribution in [-0.2, 0) is 9.59 Å². The summed E-state index contributed by atoms with van der Waals surface area (Å²) in [7, 11) is 0. The van der Waals surface area contributed by atoms with Crippen molar-refractivity contribution in [2.45, 2.75) is 45.2 Å². The molecule has 0 heterocycles. The molecule has 0 radical (unpaired) electrons. The molecule has 0 aromatic rings. The fourth-order valence-corrected chi connectivity index (χ4v) is 3.54. The minimum absolute atomic E-state index is 0.411. The number of aliphatic carboxylic acids is 2. The van der Waals surface area contributed by atoms with E-state index in [1.165, 1.54) is 0 Å². The first kappa shape index (κ1) is 22.0. The fraction of sp³-hybridized carbons (Fsp3) is 0.714. The van der Waals surface area contributed by atoms with Crippen LogP contribution < -0.4 is 10.2 Å². The van der Waals surface area contributed by atoms with E-state index in [-0.39, 0.29) is 0 Å². The van der Waals surface area contributed by atoms with E-state index in [0.717, 1.165) is 0 Å². The summed E-state index contributed by atoms with van der Waals surface area (Å²) in [5.41, 5.74) is -11.7. The van der Waals surface area contributed by atoms with Crippen LogP contribution in [0.1, 0.15) is 27.2 Å². The van der Waals surface area contributed by atoms with Gasteiger partial charge < -0.3 is 24.9 Å². The Labute approximate surface area is 142 Å². The fourth-order valence-electron chi connectivity index (χ4n) is 3.54. The van der Waals surface area contributed by atoms with E-state index in [1.807, 2.05) is 0 Å². The largest absolute Gasteiger partial charge is 0.550 e. The van der Waals surface area contributed by atoms with Crippen LogP contribution in [-0.4, -0.2) is 35.1 Å². The van der Waals surface area contributed by atoms with Crippen LogP contribution in [0.25, 0.3) is 0 Å². The Morgan fingerprint density at radius 1 is 1.00 bits per heavy atom. The predicted molar refractivity (Wildman–Crippen MR) is 65.6 cm³/mol. The molecule has 1 N–H and O–H groups in total. The number of hydrogen-bond acceptors (Lipinski definition) is 5. The van der Waals surface area contributed by atoms with E-state index in [1.54, 1.807) is 0 Å². The minimum atomic E-state index is -6.89. The summed E-state index contributed by atoms with van der Waals surface area (Å²) in [5.74, 6) is -18.6. The summed E-state index contributed by atoms with van der Waals surface area (Å²) in [6.07, 6.45) is -8.57. The lowest BCUT2D eigenvalue weighted by Gasteiger charge is -2.53. The van der Waals surface area contributed by atoms with Gasteiger partial charge in [0.05, 0.1) is 12.2 Å². The molecule has 0 aromatic heterocycles. The van der Waals surface area contributed by atoms with Gasteiger partial charge in [-0.1, -0.05) is 20.8 Å². The molecule has 1 aliphatic carbocycles. The molecule has 150 valence electrons. The smallest absolute Gasteiger partial charge is 0.459 e. The van der Waals surface area contributed by atoms with E-state index in [4.69, 9.17) is 5.11 Å². The number of carboxylic acids is 2. The van der Waals surface area contributed by atoms with E-state index in [9.17, 15) is 50.5 Å². The highest BCUT2D eigenvalue weighted by Gasteiger charge is 2.86. The zero-order chi connectivity index (χ0) is 21.1. The summed E-state index contributed by atoms with van der Waals surface area (Å²) < 4.78 is 94.2. The molecular formula is C14H13F7O5-2. The van der Waals surface area contributed by atoms with Gasteiger partial charge in [0.25, 0.3) is 0 Å². The van der Waals surface area contributed by atoms with Gasteiger partial charge >= 0.3 is 18.0 Å². The number of hydrogen-bond donors (Lipinski definition) is 1. The molecule has 26 heavy (non-hydrogen) atoms. The summed E-state index contributed by atoms with van der Waals surface area (Å²) >= 11 is 0. The molecule has 1 aliphatic rings. The molecule has 5 nitrogen and oxygen atoms in total. The predicted octanol–water partition coefficient (Wildman–Crippen LogP) is 1.18. The maximum absolute atomic E-state index is 14.6. The van der Waals surface area contributed by atoms with Gasteiger partial charge in [-0.05, 0) is 17.4 Å². The maximum atomic E-state index is 14.6. The standard InChI is InChI=1S/C14H15F7O5/c1-9(2)10(3,7(23)24)4-6(5-22)11(9,8(25)26)12(15,16)13(17,18)14(19,20)21/h5,22H,4H2,1-3H3,(H,23,24)(H,25,26)/p-2/b6-5-. The average Bonchev–Trinajstić information content (AvgIpc) is 2.62. The molecular weight excluding hydrogens is 381 g/mol. The summed E-state index contributed by atoms with van der Waals surface area (Å²) in [6.45, 7) is 1.54. The number of carboxylic acid groups (broad SMARTS) is 2. The van der Waals surface area contributed by atoms with Crippen molar-refractivity contribution >= 4 is 11.9 Å². The topological polar surface area (TPSA) is 100 Å². The zero-order valence-electron chi connectivity index (χ0n) is 13.5. The van der Waals surface area contributed by atoms with E-state index < -0.39 is 64.5 Å². The lowest BCUT2D eigenvalue weighted by Crippen LogP contribution is -2.71. The van der Waals surface area contributed by atoms with Gasteiger partial charge in [-0.25, -0.2) is 0 Å². The number of carbonyl (C=O) groups is 2. The molecule has 0 saturated heterocycles. The van der Waals surface area contributed by atoms with Crippen molar-refractivity contribution < 1.29 is 55.6 Å². The first-order valence-electron chi connectivity index (χ1n) is 6.89. The van der Waals surface area contributed by atoms with Crippen molar-refractivity contribution in [2.24, 2.45) is 16.2 Å². The van der Waals surface area contributed by atoms with Crippen LogP contribution in [0.2, 0.25) is 0 Å². The van der Waals surface area contributed by atoms with Crippen molar-refractivity contribution in [2.75, 3.05) is 0 Å². The number of alkyl halides is 7. The summed E-state index contributed by atoms with van der Waals surface area (Å²) in [4.78, 5) is 23.0. The molecule has 12 heteroatoms. The third-order valence-corrected chi connectivity index (χ3v) is 5.48. The maximum Gasteiger partial charge on any atom is 0.459 e. The quantitative estimate of drug-likeness (QED) is 0.570. The molecule has 0 aliphatic heterocycles. The van der Waals surface area contributed by atoms with Crippen molar-refractivity contribution in [1.82, 2.24) is 0 Å². The lowest BCUT2D eigenvalue weighted by atomic mass is 9.55. The Bertz CT molecular complexity index is 667. The van der Waals surface area contributed by atoms with Gasteiger partial charge in [0.2, 0.25) is 0 Å². The highest BCUT2D eigenvalue weighted by molar-refractivity contribution is 5.86. The molecule has 0 spiro atoms. The van der Waals surface area contributed by atoms with Gasteiger partial charge in [-0.3, -0.25) is 0 Å². The molecule has 1 rings (SSSR count). The average molecular weight is 394 g/mol. The van der Waals surface area contributed by atoms with E-state index >= 15 is 0 Å². The van der Waals surface area contributed by atoms with E-state index in [2.05, 4.69) is 0 Å². The van der Waals surface area contributed by atoms with Gasteiger partial charge in [0, 0.05) is 11.4 Å². The molecule has 0 bridgehead atoms. The van der Waals surface area contributed by atoms with Crippen LogP contribution in [0, 0.1) is 16.2 Å². The number of aliphatic hydroxyl groups excluding tert-OH is 1. The molecule has 0 aromatic carbocycles. The van der Waals surface area contributed by atoms with Crippen molar-refractivity contribution in [1.29, 1.82) is 0 Å². The van der Waals surface area contributed by atoms with Crippen LogP contribution >= 0.6 is 0 Å². The van der Waals surface area contributed by atoms with Crippen LogP contribution in [0.5, 0.6) is 0 Å². The Hall–Kier alpha value is -2.01. The second kappa shape index (κ2) is 5.49. The second-order valence-corrected chi connectivity index (χ2v) is 6.76. The van der Waals surface area contributed by atoms with Crippen molar-refractivity contribution in [3.8, 4) is 0 Å². The van der Waals surface area contributed by atoms with Gasteiger partial charge in [0.1, 0.15) is 5.41 Å². The molecule has 0 amide bonds. The minimum Gasteiger partial charge on any atom is -0.550 e. The Kier molecular flexibility index (Phi) is 4.65. The highest BCUT2D eigenvalue weighted by Crippen LogP contribution is 2.73. The van der Waals surface area contributed by atoms with Gasteiger partial charge in [0.15, 0.2) is 0 Å². The molecule has 1 fully saturated rings. The first-order valence-corrected chi connectivity index (χ1v) is 6.89.